The molecule has 0 amide bonds. The van der Waals surface area contributed by atoms with E-state index in [4.69, 9.17) is 0 Å². The maximum atomic E-state index is 11.3. The van der Waals surface area contributed by atoms with E-state index < -0.39 is 11.9 Å². The average Bonchev–Trinajstić information content (AvgIpc) is 2.11. The quantitative estimate of drug-likeness (QED) is 0.553. The van der Waals surface area contributed by atoms with Crippen LogP contribution in [0.4, 0.5) is 0 Å². The lowest BCUT2D eigenvalue weighted by Crippen LogP contribution is -2.21. The van der Waals surface area contributed by atoms with Crippen LogP contribution in [0.5, 0.6) is 0 Å². The second-order valence-corrected chi connectivity index (χ2v) is 3.85. The molecule has 0 saturated carbocycles. The normalized spacial score (nSPS) is 11.9. The molecule has 0 aliphatic carbocycles. The first kappa shape index (κ1) is 12.4. The molecule has 0 aliphatic heterocycles. The van der Waals surface area contributed by atoms with E-state index in [2.05, 4.69) is 27.2 Å². The molecule has 3 nitrogen and oxygen atoms in total. The third kappa shape index (κ3) is 4.83. The number of halogens is 1. The molecule has 0 aromatic carbocycles. The SMILES string of the molecule is C=C(Br)CCC(=O)C(C)C(=O)OC. The highest BCUT2D eigenvalue weighted by Gasteiger charge is 2.21. The lowest BCUT2D eigenvalue weighted by Gasteiger charge is -2.06. The number of esters is 1. The zero-order chi connectivity index (χ0) is 10.4. The summed E-state index contributed by atoms with van der Waals surface area (Å²) >= 11 is 3.14. The zero-order valence-corrected chi connectivity index (χ0v) is 9.39. The van der Waals surface area contributed by atoms with Crippen LogP contribution < -0.4 is 0 Å². The Labute approximate surface area is 86.3 Å². The summed E-state index contributed by atoms with van der Waals surface area (Å²) in [4.78, 5) is 22.2. The molecule has 0 N–H and O–H groups in total. The van der Waals surface area contributed by atoms with E-state index in [9.17, 15) is 9.59 Å². The van der Waals surface area contributed by atoms with Crippen molar-refractivity contribution < 1.29 is 14.3 Å². The van der Waals surface area contributed by atoms with Gasteiger partial charge in [0.25, 0.3) is 0 Å². The van der Waals surface area contributed by atoms with Crippen molar-refractivity contribution in [2.75, 3.05) is 7.11 Å². The van der Waals surface area contributed by atoms with Gasteiger partial charge in [0.05, 0.1) is 7.11 Å². The first-order valence-corrected chi connectivity index (χ1v) is 4.72. The second-order valence-electron chi connectivity index (χ2n) is 2.73. The van der Waals surface area contributed by atoms with Gasteiger partial charge < -0.3 is 4.74 Å². The second kappa shape index (κ2) is 5.91. The maximum Gasteiger partial charge on any atom is 0.315 e. The molecule has 0 aromatic rings. The highest BCUT2D eigenvalue weighted by atomic mass is 79.9. The molecule has 0 heterocycles. The summed E-state index contributed by atoms with van der Waals surface area (Å²) in [7, 11) is 1.27. The fraction of sp³-hybridized carbons (Fsp3) is 0.556. The third-order valence-electron chi connectivity index (χ3n) is 1.68. The highest BCUT2D eigenvalue weighted by molar-refractivity contribution is 9.11. The van der Waals surface area contributed by atoms with E-state index in [0.717, 1.165) is 4.48 Å². The predicted octanol–water partition coefficient (Wildman–Crippen LogP) is 2.05. The summed E-state index contributed by atoms with van der Waals surface area (Å²) in [6, 6.07) is 0. The molecular formula is C9H13BrO3. The van der Waals surface area contributed by atoms with Crippen molar-refractivity contribution in [2.24, 2.45) is 5.92 Å². The molecule has 0 fully saturated rings. The Kier molecular flexibility index (Phi) is 5.62. The molecule has 0 aliphatic rings. The van der Waals surface area contributed by atoms with Crippen LogP contribution in [0.15, 0.2) is 11.1 Å². The Bertz CT molecular complexity index is 223. The molecule has 0 aromatic heterocycles. The van der Waals surface area contributed by atoms with Gasteiger partial charge in [-0.25, -0.2) is 0 Å². The van der Waals surface area contributed by atoms with Crippen LogP contribution in [-0.2, 0) is 14.3 Å². The number of methoxy groups -OCH3 is 1. The van der Waals surface area contributed by atoms with Gasteiger partial charge in [-0.05, 0) is 17.8 Å². The smallest absolute Gasteiger partial charge is 0.315 e. The van der Waals surface area contributed by atoms with Crippen molar-refractivity contribution in [2.45, 2.75) is 19.8 Å². The molecule has 1 atom stereocenters. The van der Waals surface area contributed by atoms with E-state index in [1.807, 2.05) is 0 Å². The largest absolute Gasteiger partial charge is 0.468 e. The lowest BCUT2D eigenvalue weighted by molar-refractivity contribution is -0.148. The van der Waals surface area contributed by atoms with Crippen LogP contribution in [0.3, 0.4) is 0 Å². The van der Waals surface area contributed by atoms with E-state index in [1.165, 1.54) is 7.11 Å². The number of Topliss-reactive ketones (excluding diaryl/α,β-unsaturated/α-hetero) is 1. The van der Waals surface area contributed by atoms with Crippen LogP contribution in [-0.4, -0.2) is 18.9 Å². The summed E-state index contributed by atoms with van der Waals surface area (Å²) in [6.45, 7) is 5.15. The van der Waals surface area contributed by atoms with Crippen LogP contribution in [0.25, 0.3) is 0 Å². The molecule has 0 spiro atoms. The lowest BCUT2D eigenvalue weighted by atomic mass is 10.0. The standard InChI is InChI=1S/C9H13BrO3/c1-6(10)4-5-8(11)7(2)9(12)13-3/h7H,1,4-5H2,2-3H3. The number of allylic oxidation sites excluding steroid dienone is 1. The zero-order valence-electron chi connectivity index (χ0n) is 7.80. The Morgan fingerprint density at radius 1 is 1.46 bits per heavy atom. The Balaban J connectivity index is 3.96. The van der Waals surface area contributed by atoms with Crippen molar-refractivity contribution in [3.63, 3.8) is 0 Å². The maximum absolute atomic E-state index is 11.3. The molecule has 13 heavy (non-hydrogen) atoms. The number of carbonyl (C=O) groups excluding carboxylic acids is 2. The fourth-order valence-electron chi connectivity index (χ4n) is 0.784. The minimum absolute atomic E-state index is 0.118. The van der Waals surface area contributed by atoms with E-state index in [-0.39, 0.29) is 5.78 Å². The van der Waals surface area contributed by atoms with Crippen molar-refractivity contribution in [1.82, 2.24) is 0 Å². The van der Waals surface area contributed by atoms with Gasteiger partial charge in [-0.2, -0.15) is 0 Å². The van der Waals surface area contributed by atoms with Crippen molar-refractivity contribution >= 4 is 27.7 Å². The number of rotatable bonds is 5. The van der Waals surface area contributed by atoms with Crippen LogP contribution in [0.2, 0.25) is 0 Å². The molecule has 74 valence electrons. The molecule has 0 saturated heterocycles. The number of hydrogen-bond acceptors (Lipinski definition) is 3. The van der Waals surface area contributed by atoms with E-state index >= 15 is 0 Å². The molecule has 0 rings (SSSR count). The van der Waals surface area contributed by atoms with E-state index in [0.29, 0.717) is 12.8 Å². The number of ketones is 1. The van der Waals surface area contributed by atoms with Gasteiger partial charge in [0.2, 0.25) is 0 Å². The molecular weight excluding hydrogens is 236 g/mol. The summed E-state index contributed by atoms with van der Waals surface area (Å²) < 4.78 is 5.21. The first-order valence-electron chi connectivity index (χ1n) is 3.92. The highest BCUT2D eigenvalue weighted by Crippen LogP contribution is 2.13. The van der Waals surface area contributed by atoms with Gasteiger partial charge in [0, 0.05) is 6.42 Å². The Morgan fingerprint density at radius 3 is 2.38 bits per heavy atom. The van der Waals surface area contributed by atoms with Gasteiger partial charge >= 0.3 is 5.97 Å². The van der Waals surface area contributed by atoms with Gasteiger partial charge in [-0.15, -0.1) is 0 Å². The summed E-state index contributed by atoms with van der Waals surface area (Å²) in [5, 5.41) is 0. The topological polar surface area (TPSA) is 43.4 Å². The van der Waals surface area contributed by atoms with Crippen molar-refractivity contribution in [3.8, 4) is 0 Å². The van der Waals surface area contributed by atoms with Gasteiger partial charge in [-0.1, -0.05) is 22.5 Å². The van der Waals surface area contributed by atoms with Crippen LogP contribution >= 0.6 is 15.9 Å². The van der Waals surface area contributed by atoms with Gasteiger partial charge in [-0.3, -0.25) is 9.59 Å². The minimum Gasteiger partial charge on any atom is -0.468 e. The molecule has 4 heteroatoms. The monoisotopic (exact) mass is 248 g/mol. The van der Waals surface area contributed by atoms with Crippen molar-refractivity contribution in [1.29, 1.82) is 0 Å². The predicted molar refractivity (Wildman–Crippen MR) is 53.5 cm³/mol. The fourth-order valence-corrected chi connectivity index (χ4v) is 0.982. The third-order valence-corrected chi connectivity index (χ3v) is 2.08. The van der Waals surface area contributed by atoms with Crippen LogP contribution in [0, 0.1) is 5.92 Å². The van der Waals surface area contributed by atoms with Crippen molar-refractivity contribution in [3.05, 3.63) is 11.1 Å². The molecule has 0 radical (unpaired) electrons. The Hall–Kier alpha value is -0.640. The average molecular weight is 249 g/mol. The summed E-state index contributed by atoms with van der Waals surface area (Å²) in [5.41, 5.74) is 0. The van der Waals surface area contributed by atoms with Gasteiger partial charge in [0.15, 0.2) is 0 Å². The summed E-state index contributed by atoms with van der Waals surface area (Å²) in [6.07, 6.45) is 0.876. The Morgan fingerprint density at radius 2 is 2.00 bits per heavy atom. The summed E-state index contributed by atoms with van der Waals surface area (Å²) in [5.74, 6) is -1.27. The molecule has 1 unspecified atom stereocenters. The minimum atomic E-state index is -0.670. The molecule has 0 bridgehead atoms. The number of ether oxygens (including phenoxy) is 1. The van der Waals surface area contributed by atoms with Crippen LogP contribution in [0.1, 0.15) is 19.8 Å². The first-order chi connectivity index (χ1) is 5.99. The number of hydrogen-bond donors (Lipinski definition) is 0. The van der Waals surface area contributed by atoms with Gasteiger partial charge in [0.1, 0.15) is 11.7 Å². The number of carbonyl (C=O) groups is 2. The van der Waals surface area contributed by atoms with E-state index in [1.54, 1.807) is 6.92 Å².